The Hall–Kier alpha value is -0.610. The number of nitrogens with one attached hydrogen (secondary N) is 1. The van der Waals surface area contributed by atoms with Crippen molar-refractivity contribution in [1.82, 2.24) is 4.98 Å². The molecule has 0 unspecified atom stereocenters. The van der Waals surface area contributed by atoms with Gasteiger partial charge in [0.1, 0.15) is 5.82 Å². The van der Waals surface area contributed by atoms with Gasteiger partial charge in [-0.05, 0) is 39.9 Å². The Kier molecular flexibility index (Phi) is 4.54. The number of hydrogen-bond acceptors (Lipinski definition) is 3. The number of rotatable bonds is 5. The minimum atomic E-state index is 0.0868. The van der Waals surface area contributed by atoms with Crippen LogP contribution in [-0.2, 0) is 0 Å². The molecule has 0 aliphatic heterocycles. The maximum absolute atomic E-state index is 8.89. The number of halogens is 1. The van der Waals surface area contributed by atoms with Gasteiger partial charge in [-0.3, -0.25) is 0 Å². The first-order chi connectivity index (χ1) is 7.03. The molecule has 0 saturated carbocycles. The Morgan fingerprint density at radius 2 is 2.20 bits per heavy atom. The molecule has 0 amide bonds. The number of aromatic nitrogens is 1. The summed E-state index contributed by atoms with van der Waals surface area (Å²) in [6, 6.07) is 3.88. The van der Waals surface area contributed by atoms with Gasteiger partial charge in [-0.2, -0.15) is 0 Å². The Morgan fingerprint density at radius 3 is 2.73 bits per heavy atom. The molecule has 0 aromatic carbocycles. The monoisotopic (exact) mass is 272 g/mol. The smallest absolute Gasteiger partial charge is 0.125 e. The standard InChI is InChI=1S/C11H17BrN2O/c1-11(2,5-6-15)8-14-10-4-3-9(12)7-13-10/h3-4,7,15H,5-6,8H2,1-2H3,(H,13,14). The van der Waals surface area contributed by atoms with E-state index in [1.165, 1.54) is 0 Å². The highest BCUT2D eigenvalue weighted by Crippen LogP contribution is 2.20. The molecule has 0 aliphatic carbocycles. The van der Waals surface area contributed by atoms with Crippen LogP contribution in [0.4, 0.5) is 5.82 Å². The van der Waals surface area contributed by atoms with Crippen LogP contribution in [0, 0.1) is 5.41 Å². The van der Waals surface area contributed by atoms with E-state index in [1.807, 2.05) is 12.1 Å². The first-order valence-corrected chi connectivity index (χ1v) is 5.79. The third-order valence-electron chi connectivity index (χ3n) is 2.26. The zero-order valence-corrected chi connectivity index (χ0v) is 10.7. The van der Waals surface area contributed by atoms with Gasteiger partial charge in [-0.1, -0.05) is 13.8 Å². The van der Waals surface area contributed by atoms with Crippen molar-refractivity contribution in [2.24, 2.45) is 5.41 Å². The molecule has 2 N–H and O–H groups in total. The maximum Gasteiger partial charge on any atom is 0.125 e. The summed E-state index contributed by atoms with van der Waals surface area (Å²) < 4.78 is 0.975. The zero-order chi connectivity index (χ0) is 11.3. The second-order valence-corrected chi connectivity index (χ2v) is 5.27. The number of aliphatic hydroxyl groups excluding tert-OH is 1. The predicted octanol–water partition coefficient (Wildman–Crippen LogP) is 2.66. The number of anilines is 1. The van der Waals surface area contributed by atoms with Crippen LogP contribution in [-0.4, -0.2) is 23.2 Å². The highest BCUT2D eigenvalue weighted by molar-refractivity contribution is 9.10. The zero-order valence-electron chi connectivity index (χ0n) is 9.13. The van der Waals surface area contributed by atoms with Crippen LogP contribution in [0.2, 0.25) is 0 Å². The van der Waals surface area contributed by atoms with Crippen LogP contribution in [0.5, 0.6) is 0 Å². The highest BCUT2D eigenvalue weighted by atomic mass is 79.9. The Bertz CT molecular complexity index is 298. The molecule has 1 rings (SSSR count). The van der Waals surface area contributed by atoms with E-state index in [0.717, 1.165) is 23.3 Å². The third kappa shape index (κ3) is 4.62. The number of pyridine rings is 1. The molecule has 0 radical (unpaired) electrons. The molecule has 0 fully saturated rings. The van der Waals surface area contributed by atoms with E-state index in [1.54, 1.807) is 6.20 Å². The van der Waals surface area contributed by atoms with Crippen molar-refractivity contribution in [3.8, 4) is 0 Å². The third-order valence-corrected chi connectivity index (χ3v) is 2.73. The molecule has 84 valence electrons. The van der Waals surface area contributed by atoms with Crippen LogP contribution < -0.4 is 5.32 Å². The van der Waals surface area contributed by atoms with Crippen LogP contribution >= 0.6 is 15.9 Å². The van der Waals surface area contributed by atoms with Crippen molar-refractivity contribution < 1.29 is 5.11 Å². The largest absolute Gasteiger partial charge is 0.396 e. The van der Waals surface area contributed by atoms with Gasteiger partial charge in [0, 0.05) is 23.8 Å². The lowest BCUT2D eigenvalue weighted by Crippen LogP contribution is -2.24. The van der Waals surface area contributed by atoms with E-state index in [2.05, 4.69) is 40.1 Å². The summed E-state index contributed by atoms with van der Waals surface area (Å²) in [6.07, 6.45) is 2.55. The topological polar surface area (TPSA) is 45.1 Å². The minimum Gasteiger partial charge on any atom is -0.396 e. The van der Waals surface area contributed by atoms with Crippen molar-refractivity contribution in [1.29, 1.82) is 0 Å². The summed E-state index contributed by atoms with van der Waals surface area (Å²) in [5.41, 5.74) is 0.0868. The molecule has 0 aliphatic rings. The SMILES string of the molecule is CC(C)(CCO)CNc1ccc(Br)cn1. The molecule has 1 aromatic heterocycles. The molecule has 4 heteroatoms. The average molecular weight is 273 g/mol. The van der Waals surface area contributed by atoms with E-state index in [-0.39, 0.29) is 12.0 Å². The minimum absolute atomic E-state index is 0.0868. The van der Waals surface area contributed by atoms with Crippen molar-refractivity contribution in [3.05, 3.63) is 22.8 Å². The molecular formula is C11H17BrN2O. The summed E-state index contributed by atoms with van der Waals surface area (Å²) in [5.74, 6) is 0.865. The second kappa shape index (κ2) is 5.47. The Balaban J connectivity index is 2.46. The molecule has 15 heavy (non-hydrogen) atoms. The maximum atomic E-state index is 8.89. The summed E-state index contributed by atoms with van der Waals surface area (Å²) in [7, 11) is 0. The van der Waals surface area contributed by atoms with E-state index in [9.17, 15) is 0 Å². The van der Waals surface area contributed by atoms with E-state index in [4.69, 9.17) is 5.11 Å². The van der Waals surface area contributed by atoms with Gasteiger partial charge in [-0.25, -0.2) is 4.98 Å². The first-order valence-electron chi connectivity index (χ1n) is 5.00. The van der Waals surface area contributed by atoms with Crippen molar-refractivity contribution >= 4 is 21.7 Å². The van der Waals surface area contributed by atoms with E-state index in [0.29, 0.717) is 0 Å². The lowest BCUT2D eigenvalue weighted by atomic mass is 9.90. The molecule has 0 atom stereocenters. The number of nitrogens with zero attached hydrogens (tertiary/aromatic N) is 1. The summed E-state index contributed by atoms with van der Waals surface area (Å²) in [4.78, 5) is 4.22. The quantitative estimate of drug-likeness (QED) is 0.867. The van der Waals surface area contributed by atoms with Crippen LogP contribution in [0.3, 0.4) is 0 Å². The molecule has 0 saturated heterocycles. The predicted molar refractivity (Wildman–Crippen MR) is 65.9 cm³/mol. The van der Waals surface area contributed by atoms with Crippen LogP contribution in [0.1, 0.15) is 20.3 Å². The number of aliphatic hydroxyl groups is 1. The van der Waals surface area contributed by atoms with Gasteiger partial charge in [0.05, 0.1) is 0 Å². The second-order valence-electron chi connectivity index (χ2n) is 4.35. The van der Waals surface area contributed by atoms with Crippen molar-refractivity contribution in [3.63, 3.8) is 0 Å². The average Bonchev–Trinajstić information content (AvgIpc) is 2.17. The molecule has 0 bridgehead atoms. The fourth-order valence-corrected chi connectivity index (χ4v) is 1.44. The van der Waals surface area contributed by atoms with Crippen LogP contribution in [0.25, 0.3) is 0 Å². The highest BCUT2D eigenvalue weighted by Gasteiger charge is 2.16. The lowest BCUT2D eigenvalue weighted by Gasteiger charge is -2.24. The van der Waals surface area contributed by atoms with Crippen molar-refractivity contribution in [2.45, 2.75) is 20.3 Å². The van der Waals surface area contributed by atoms with Crippen LogP contribution in [0.15, 0.2) is 22.8 Å². The Labute approximate surface area is 99.1 Å². The molecule has 0 spiro atoms. The molecule has 3 nitrogen and oxygen atoms in total. The Morgan fingerprint density at radius 1 is 1.47 bits per heavy atom. The molecule has 1 heterocycles. The first kappa shape index (κ1) is 12.5. The normalized spacial score (nSPS) is 11.5. The fourth-order valence-electron chi connectivity index (χ4n) is 1.20. The summed E-state index contributed by atoms with van der Waals surface area (Å²) in [6.45, 7) is 5.27. The summed E-state index contributed by atoms with van der Waals surface area (Å²) >= 11 is 3.34. The van der Waals surface area contributed by atoms with Gasteiger partial charge in [0.25, 0.3) is 0 Å². The summed E-state index contributed by atoms with van der Waals surface area (Å²) in [5, 5.41) is 12.1. The fraction of sp³-hybridized carbons (Fsp3) is 0.545. The van der Waals surface area contributed by atoms with Gasteiger partial charge < -0.3 is 10.4 Å². The van der Waals surface area contributed by atoms with Gasteiger partial charge in [-0.15, -0.1) is 0 Å². The van der Waals surface area contributed by atoms with Crippen molar-refractivity contribution in [2.75, 3.05) is 18.5 Å². The van der Waals surface area contributed by atoms with Gasteiger partial charge >= 0.3 is 0 Å². The molecule has 1 aromatic rings. The lowest BCUT2D eigenvalue weighted by molar-refractivity contribution is 0.220. The van der Waals surface area contributed by atoms with Gasteiger partial charge in [0.15, 0.2) is 0 Å². The molecular weight excluding hydrogens is 256 g/mol. The van der Waals surface area contributed by atoms with Gasteiger partial charge in [0.2, 0.25) is 0 Å². The van der Waals surface area contributed by atoms with E-state index >= 15 is 0 Å². The van der Waals surface area contributed by atoms with E-state index < -0.39 is 0 Å². The number of hydrogen-bond donors (Lipinski definition) is 2.